The van der Waals surface area contributed by atoms with Gasteiger partial charge in [-0.25, -0.2) is 4.98 Å². The van der Waals surface area contributed by atoms with Gasteiger partial charge in [0.15, 0.2) is 5.82 Å². The molecule has 3 aromatic rings. The van der Waals surface area contributed by atoms with E-state index in [0.717, 1.165) is 17.0 Å². The van der Waals surface area contributed by atoms with Crippen LogP contribution in [0, 0.1) is 0 Å². The van der Waals surface area contributed by atoms with E-state index in [1.165, 1.54) is 6.20 Å². The summed E-state index contributed by atoms with van der Waals surface area (Å²) in [5.74, 6) is 1.41. The number of aromatic nitrogens is 2. The van der Waals surface area contributed by atoms with Gasteiger partial charge in [-0.15, -0.1) is 0 Å². The van der Waals surface area contributed by atoms with Gasteiger partial charge in [-0.1, -0.05) is 41.9 Å². The summed E-state index contributed by atoms with van der Waals surface area (Å²) in [6, 6.07) is 17.7. The number of hydrogen-bond acceptors (Lipinski definition) is 4. The van der Waals surface area contributed by atoms with Gasteiger partial charge in [0.25, 0.3) is 0 Å². The molecule has 22 heavy (non-hydrogen) atoms. The third kappa shape index (κ3) is 3.96. The second kappa shape index (κ2) is 6.91. The summed E-state index contributed by atoms with van der Waals surface area (Å²) in [5, 5.41) is 3.49. The van der Waals surface area contributed by atoms with Crippen molar-refractivity contribution in [1.29, 1.82) is 0 Å². The summed E-state index contributed by atoms with van der Waals surface area (Å²) in [6.45, 7) is 0.549. The Morgan fingerprint density at radius 1 is 0.955 bits per heavy atom. The Morgan fingerprint density at radius 2 is 1.73 bits per heavy atom. The minimum atomic E-state index is 0.354. The first kappa shape index (κ1) is 14.4. The summed E-state index contributed by atoms with van der Waals surface area (Å²) in [5.41, 5.74) is 2.03. The summed E-state index contributed by atoms with van der Waals surface area (Å²) in [7, 11) is 0. The molecule has 0 fully saturated rings. The van der Waals surface area contributed by atoms with Crippen LogP contribution in [0.2, 0.25) is 5.15 Å². The van der Waals surface area contributed by atoms with Crippen LogP contribution in [0.15, 0.2) is 67.0 Å². The van der Waals surface area contributed by atoms with Crippen LogP contribution in [0.3, 0.4) is 0 Å². The third-order valence-corrected chi connectivity index (χ3v) is 3.16. The predicted octanol–water partition coefficient (Wildman–Crippen LogP) is 4.45. The van der Waals surface area contributed by atoms with Gasteiger partial charge in [0.05, 0.1) is 12.4 Å². The Labute approximate surface area is 133 Å². The lowest BCUT2D eigenvalue weighted by atomic mass is 10.2. The third-order valence-electron chi connectivity index (χ3n) is 2.98. The van der Waals surface area contributed by atoms with Gasteiger partial charge in [0.1, 0.15) is 17.5 Å². The fraction of sp³-hybridized carbons (Fsp3) is 0.0588. The van der Waals surface area contributed by atoms with Crippen LogP contribution >= 0.6 is 11.6 Å². The highest BCUT2D eigenvalue weighted by Gasteiger charge is 2.00. The van der Waals surface area contributed by atoms with Gasteiger partial charge < -0.3 is 10.1 Å². The number of ether oxygens (including phenoxy) is 1. The van der Waals surface area contributed by atoms with Gasteiger partial charge >= 0.3 is 0 Å². The predicted molar refractivity (Wildman–Crippen MR) is 87.5 cm³/mol. The molecule has 0 amide bonds. The highest BCUT2D eigenvalue weighted by atomic mass is 35.5. The molecule has 5 heteroatoms. The van der Waals surface area contributed by atoms with E-state index in [4.69, 9.17) is 16.3 Å². The Bertz CT molecular complexity index is 732. The number of rotatable bonds is 5. The molecule has 2 aromatic carbocycles. The molecule has 0 radical (unpaired) electrons. The lowest BCUT2D eigenvalue weighted by Crippen LogP contribution is -1.96. The minimum absolute atomic E-state index is 0.354. The van der Waals surface area contributed by atoms with E-state index >= 15 is 0 Å². The van der Waals surface area contributed by atoms with Crippen LogP contribution in [0.1, 0.15) is 5.56 Å². The Morgan fingerprint density at radius 3 is 2.45 bits per heavy atom. The second-order valence-electron chi connectivity index (χ2n) is 4.65. The molecule has 0 aliphatic carbocycles. The molecule has 0 aliphatic rings. The van der Waals surface area contributed by atoms with Crippen molar-refractivity contribution >= 4 is 23.1 Å². The van der Waals surface area contributed by atoms with Gasteiger partial charge in [0, 0.05) is 5.69 Å². The fourth-order valence-corrected chi connectivity index (χ4v) is 2.07. The molecule has 3 rings (SSSR count). The average Bonchev–Trinajstić information content (AvgIpc) is 2.55. The molecule has 4 nitrogen and oxygen atoms in total. The molecule has 1 heterocycles. The summed E-state index contributed by atoms with van der Waals surface area (Å²) in [4.78, 5) is 8.11. The van der Waals surface area contributed by atoms with E-state index in [1.807, 2.05) is 54.6 Å². The number of halogens is 1. The maximum Gasteiger partial charge on any atom is 0.150 e. The van der Waals surface area contributed by atoms with Gasteiger partial charge in [-0.3, -0.25) is 4.98 Å². The van der Waals surface area contributed by atoms with Crippen molar-refractivity contribution in [3.8, 4) is 5.75 Å². The molecular formula is C17H14ClN3O. The van der Waals surface area contributed by atoms with E-state index in [2.05, 4.69) is 15.3 Å². The summed E-state index contributed by atoms with van der Waals surface area (Å²) in [6.07, 6.45) is 3.11. The molecule has 0 saturated heterocycles. The monoisotopic (exact) mass is 311 g/mol. The minimum Gasteiger partial charge on any atom is -0.489 e. The van der Waals surface area contributed by atoms with Crippen molar-refractivity contribution in [2.45, 2.75) is 6.61 Å². The van der Waals surface area contributed by atoms with E-state index in [0.29, 0.717) is 17.6 Å². The molecule has 0 atom stereocenters. The van der Waals surface area contributed by atoms with Crippen LogP contribution in [0.25, 0.3) is 0 Å². The summed E-state index contributed by atoms with van der Waals surface area (Å²) < 4.78 is 5.74. The molecule has 0 spiro atoms. The largest absolute Gasteiger partial charge is 0.489 e. The number of hydrogen-bond donors (Lipinski definition) is 1. The van der Waals surface area contributed by atoms with Crippen molar-refractivity contribution in [3.63, 3.8) is 0 Å². The maximum absolute atomic E-state index is 5.80. The Balaban J connectivity index is 1.60. The zero-order valence-corrected chi connectivity index (χ0v) is 12.5. The highest BCUT2D eigenvalue weighted by Crippen LogP contribution is 2.20. The van der Waals surface area contributed by atoms with Crippen LogP contribution in [0.4, 0.5) is 11.5 Å². The lowest BCUT2D eigenvalue weighted by molar-refractivity contribution is 0.306. The first-order chi connectivity index (χ1) is 10.8. The van der Waals surface area contributed by atoms with Gasteiger partial charge in [0.2, 0.25) is 0 Å². The normalized spacial score (nSPS) is 10.2. The highest BCUT2D eigenvalue weighted by molar-refractivity contribution is 6.29. The molecule has 110 valence electrons. The van der Waals surface area contributed by atoms with Crippen LogP contribution in [-0.2, 0) is 6.61 Å². The van der Waals surface area contributed by atoms with E-state index in [1.54, 1.807) is 6.20 Å². The van der Waals surface area contributed by atoms with Gasteiger partial charge in [-0.05, 0) is 29.8 Å². The SMILES string of the molecule is Clc1cncc(Nc2ccc(OCc3ccccc3)cc2)n1. The van der Waals surface area contributed by atoms with Crippen molar-refractivity contribution in [2.24, 2.45) is 0 Å². The Hall–Kier alpha value is -2.59. The number of nitrogens with zero attached hydrogens (tertiary/aromatic N) is 2. The molecular weight excluding hydrogens is 298 g/mol. The van der Waals surface area contributed by atoms with Crippen molar-refractivity contribution in [1.82, 2.24) is 9.97 Å². The molecule has 1 N–H and O–H groups in total. The van der Waals surface area contributed by atoms with Crippen molar-refractivity contribution in [2.75, 3.05) is 5.32 Å². The van der Waals surface area contributed by atoms with E-state index in [-0.39, 0.29) is 0 Å². The van der Waals surface area contributed by atoms with E-state index in [9.17, 15) is 0 Å². The maximum atomic E-state index is 5.80. The zero-order valence-electron chi connectivity index (χ0n) is 11.7. The molecule has 0 saturated carbocycles. The van der Waals surface area contributed by atoms with Crippen LogP contribution < -0.4 is 10.1 Å². The first-order valence-corrected chi connectivity index (χ1v) is 7.19. The van der Waals surface area contributed by atoms with Crippen molar-refractivity contribution < 1.29 is 4.74 Å². The smallest absolute Gasteiger partial charge is 0.150 e. The van der Waals surface area contributed by atoms with Crippen LogP contribution in [0.5, 0.6) is 5.75 Å². The number of benzene rings is 2. The van der Waals surface area contributed by atoms with Crippen molar-refractivity contribution in [3.05, 3.63) is 77.7 Å². The van der Waals surface area contributed by atoms with Gasteiger partial charge in [-0.2, -0.15) is 0 Å². The standard InChI is InChI=1S/C17H14ClN3O/c18-16-10-19-11-17(21-16)20-14-6-8-15(9-7-14)22-12-13-4-2-1-3-5-13/h1-11H,12H2,(H,20,21). The quantitative estimate of drug-likeness (QED) is 0.756. The first-order valence-electron chi connectivity index (χ1n) is 6.81. The van der Waals surface area contributed by atoms with E-state index < -0.39 is 0 Å². The summed E-state index contributed by atoms with van der Waals surface area (Å²) >= 11 is 5.80. The second-order valence-corrected chi connectivity index (χ2v) is 5.04. The molecule has 1 aromatic heterocycles. The Kier molecular flexibility index (Phi) is 4.51. The molecule has 0 aliphatic heterocycles. The number of anilines is 2. The zero-order chi connectivity index (χ0) is 15.2. The van der Waals surface area contributed by atoms with Crippen LogP contribution in [-0.4, -0.2) is 9.97 Å². The fourth-order valence-electron chi connectivity index (χ4n) is 1.93. The topological polar surface area (TPSA) is 47.0 Å². The average molecular weight is 312 g/mol. The number of nitrogens with one attached hydrogen (secondary N) is 1. The molecule has 0 bridgehead atoms. The molecule has 0 unspecified atom stereocenters. The lowest BCUT2D eigenvalue weighted by Gasteiger charge is -2.08.